The molecule has 3 rings (SSSR count). The summed E-state index contributed by atoms with van der Waals surface area (Å²) in [7, 11) is 0. The first-order valence-corrected chi connectivity index (χ1v) is 7.50. The van der Waals surface area contributed by atoms with Crippen LogP contribution >= 0.6 is 11.3 Å². The fourth-order valence-electron chi connectivity index (χ4n) is 2.07. The van der Waals surface area contributed by atoms with Crippen LogP contribution in [0.1, 0.15) is 17.4 Å². The van der Waals surface area contributed by atoms with Gasteiger partial charge in [-0.25, -0.2) is 9.97 Å². The zero-order valence-electron chi connectivity index (χ0n) is 11.6. The highest BCUT2D eigenvalue weighted by atomic mass is 32.1. The van der Waals surface area contributed by atoms with E-state index < -0.39 is 0 Å². The maximum absolute atomic E-state index is 4.59. The molecule has 3 aromatic rings. The van der Waals surface area contributed by atoms with Gasteiger partial charge in [-0.15, -0.1) is 11.3 Å². The molecule has 0 radical (unpaired) electrons. The van der Waals surface area contributed by atoms with Crippen LogP contribution in [-0.2, 0) is 6.54 Å². The summed E-state index contributed by atoms with van der Waals surface area (Å²) < 4.78 is 1.98. The van der Waals surface area contributed by atoms with Crippen LogP contribution in [0.5, 0.6) is 0 Å². The van der Waals surface area contributed by atoms with Gasteiger partial charge in [-0.2, -0.15) is 0 Å². The second-order valence-electron chi connectivity index (χ2n) is 4.54. The summed E-state index contributed by atoms with van der Waals surface area (Å²) in [4.78, 5) is 10.3. The highest BCUT2D eigenvalue weighted by molar-refractivity contribution is 7.10. The predicted octanol–water partition coefficient (Wildman–Crippen LogP) is 3.14. The van der Waals surface area contributed by atoms with Gasteiger partial charge in [-0.1, -0.05) is 0 Å². The van der Waals surface area contributed by atoms with Gasteiger partial charge in [-0.05, 0) is 30.9 Å². The number of anilines is 2. The summed E-state index contributed by atoms with van der Waals surface area (Å²) >= 11 is 1.76. The second kappa shape index (κ2) is 5.50. The Kier molecular flexibility index (Phi) is 3.56. The van der Waals surface area contributed by atoms with Crippen molar-refractivity contribution in [3.63, 3.8) is 0 Å². The van der Waals surface area contributed by atoms with Gasteiger partial charge in [0.15, 0.2) is 11.5 Å². The third-order valence-corrected chi connectivity index (χ3v) is 4.14. The van der Waals surface area contributed by atoms with Gasteiger partial charge < -0.3 is 15.0 Å². The summed E-state index contributed by atoms with van der Waals surface area (Å²) in [5.41, 5.74) is 2.16. The summed E-state index contributed by atoms with van der Waals surface area (Å²) in [6, 6.07) is 2.13. The lowest BCUT2D eigenvalue weighted by molar-refractivity contribution is 1.06. The number of rotatable bonds is 5. The summed E-state index contributed by atoms with van der Waals surface area (Å²) in [5.74, 6) is 1.66. The Bertz CT molecular complexity index is 715. The van der Waals surface area contributed by atoms with Gasteiger partial charge in [0.2, 0.25) is 0 Å². The molecule has 6 heteroatoms. The average molecular weight is 287 g/mol. The van der Waals surface area contributed by atoms with Gasteiger partial charge >= 0.3 is 0 Å². The van der Waals surface area contributed by atoms with Crippen molar-refractivity contribution in [2.45, 2.75) is 20.4 Å². The zero-order valence-corrected chi connectivity index (χ0v) is 12.4. The second-order valence-corrected chi connectivity index (χ2v) is 5.54. The lowest BCUT2D eigenvalue weighted by Crippen LogP contribution is -2.07. The third-order valence-electron chi connectivity index (χ3n) is 3.12. The Morgan fingerprint density at radius 2 is 2.25 bits per heavy atom. The summed E-state index contributed by atoms with van der Waals surface area (Å²) in [6.45, 7) is 5.80. The Labute approximate surface area is 121 Å². The molecule has 0 atom stereocenters. The maximum atomic E-state index is 4.59. The molecule has 0 aliphatic heterocycles. The molecule has 2 N–H and O–H groups in total. The van der Waals surface area contributed by atoms with Gasteiger partial charge in [-0.3, -0.25) is 0 Å². The fraction of sp³-hybridized carbons (Fsp3) is 0.286. The summed E-state index contributed by atoms with van der Waals surface area (Å²) in [5, 5.41) is 8.74. The third kappa shape index (κ3) is 2.46. The first-order chi connectivity index (χ1) is 9.78. The Morgan fingerprint density at radius 3 is 3.00 bits per heavy atom. The van der Waals surface area contributed by atoms with Crippen molar-refractivity contribution in [2.24, 2.45) is 0 Å². The number of aryl methyl sites for hydroxylation is 1. The Morgan fingerprint density at radius 1 is 1.35 bits per heavy atom. The van der Waals surface area contributed by atoms with E-state index in [1.54, 1.807) is 17.5 Å². The van der Waals surface area contributed by atoms with Gasteiger partial charge in [0, 0.05) is 23.8 Å². The van der Waals surface area contributed by atoms with E-state index in [1.165, 1.54) is 10.4 Å². The first-order valence-electron chi connectivity index (χ1n) is 6.62. The van der Waals surface area contributed by atoms with Crippen LogP contribution in [-0.4, -0.2) is 20.9 Å². The van der Waals surface area contributed by atoms with Crippen molar-refractivity contribution in [3.05, 3.63) is 40.5 Å². The van der Waals surface area contributed by atoms with E-state index in [9.17, 15) is 0 Å². The van der Waals surface area contributed by atoms with Crippen molar-refractivity contribution in [2.75, 3.05) is 17.2 Å². The molecular weight excluding hydrogens is 270 g/mol. The van der Waals surface area contributed by atoms with Crippen molar-refractivity contribution in [1.29, 1.82) is 0 Å². The molecule has 0 bridgehead atoms. The monoisotopic (exact) mass is 287 g/mol. The molecule has 0 aliphatic rings. The van der Waals surface area contributed by atoms with Gasteiger partial charge in [0.1, 0.15) is 5.82 Å². The predicted molar refractivity (Wildman–Crippen MR) is 83.5 cm³/mol. The van der Waals surface area contributed by atoms with E-state index in [2.05, 4.69) is 45.9 Å². The van der Waals surface area contributed by atoms with Crippen molar-refractivity contribution < 1.29 is 0 Å². The smallest absolute Gasteiger partial charge is 0.180 e. The molecule has 0 saturated carbocycles. The number of imidazole rings is 1. The standard InChI is InChI=1S/C14H17N5S/c1-3-15-12-9-19-6-5-16-14(19)13(18-12)17-8-11-10(2)4-7-20-11/h4-7,9,15H,3,8H2,1-2H3,(H,17,18). The molecule has 20 heavy (non-hydrogen) atoms. The number of fused-ring (bicyclic) bond motifs is 1. The van der Waals surface area contributed by atoms with E-state index in [-0.39, 0.29) is 0 Å². The zero-order chi connectivity index (χ0) is 13.9. The maximum Gasteiger partial charge on any atom is 0.180 e. The van der Waals surface area contributed by atoms with Crippen LogP contribution in [0.3, 0.4) is 0 Å². The topological polar surface area (TPSA) is 54.2 Å². The molecule has 0 fully saturated rings. The van der Waals surface area contributed by atoms with Crippen LogP contribution in [0.15, 0.2) is 30.0 Å². The first kappa shape index (κ1) is 12.9. The van der Waals surface area contributed by atoms with E-state index in [0.29, 0.717) is 0 Å². The fourth-order valence-corrected chi connectivity index (χ4v) is 2.91. The summed E-state index contributed by atoms with van der Waals surface area (Å²) in [6.07, 6.45) is 5.67. The largest absolute Gasteiger partial charge is 0.369 e. The van der Waals surface area contributed by atoms with Crippen molar-refractivity contribution in [3.8, 4) is 0 Å². The molecule has 104 valence electrons. The lowest BCUT2D eigenvalue weighted by atomic mass is 10.3. The van der Waals surface area contributed by atoms with Crippen LogP contribution < -0.4 is 10.6 Å². The minimum Gasteiger partial charge on any atom is -0.369 e. The number of nitrogens with zero attached hydrogens (tertiary/aromatic N) is 3. The number of nitrogens with one attached hydrogen (secondary N) is 2. The number of hydrogen-bond donors (Lipinski definition) is 2. The van der Waals surface area contributed by atoms with E-state index in [0.717, 1.165) is 30.4 Å². The average Bonchev–Trinajstić information content (AvgIpc) is 3.05. The Hall–Kier alpha value is -2.08. The SMILES string of the molecule is CCNc1cn2ccnc2c(NCc2sccc2C)n1. The van der Waals surface area contributed by atoms with E-state index >= 15 is 0 Å². The normalized spacial score (nSPS) is 10.9. The van der Waals surface area contributed by atoms with Crippen LogP contribution in [0.25, 0.3) is 5.65 Å². The lowest BCUT2D eigenvalue weighted by Gasteiger charge is -2.10. The number of aromatic nitrogens is 3. The van der Waals surface area contributed by atoms with Gasteiger partial charge in [0.25, 0.3) is 0 Å². The molecule has 0 spiro atoms. The molecule has 0 aliphatic carbocycles. The molecule has 0 unspecified atom stereocenters. The molecule has 0 saturated heterocycles. The minimum absolute atomic E-state index is 0.772. The number of hydrogen-bond acceptors (Lipinski definition) is 5. The highest BCUT2D eigenvalue weighted by Crippen LogP contribution is 2.20. The molecule has 0 aromatic carbocycles. The molecule has 3 heterocycles. The molecule has 5 nitrogen and oxygen atoms in total. The van der Waals surface area contributed by atoms with Crippen molar-refractivity contribution >= 4 is 28.6 Å². The van der Waals surface area contributed by atoms with E-state index in [1.807, 2.05) is 16.8 Å². The van der Waals surface area contributed by atoms with E-state index in [4.69, 9.17) is 0 Å². The number of thiophene rings is 1. The molecule has 3 aromatic heterocycles. The van der Waals surface area contributed by atoms with Crippen LogP contribution in [0, 0.1) is 6.92 Å². The van der Waals surface area contributed by atoms with Gasteiger partial charge in [0.05, 0.1) is 12.7 Å². The Balaban J connectivity index is 1.89. The van der Waals surface area contributed by atoms with Crippen LogP contribution in [0.2, 0.25) is 0 Å². The van der Waals surface area contributed by atoms with Crippen LogP contribution in [0.4, 0.5) is 11.6 Å². The highest BCUT2D eigenvalue weighted by Gasteiger charge is 2.08. The molecular formula is C14H17N5S. The molecule has 0 amide bonds. The van der Waals surface area contributed by atoms with Crippen molar-refractivity contribution in [1.82, 2.24) is 14.4 Å². The minimum atomic E-state index is 0.772. The quantitative estimate of drug-likeness (QED) is 0.757.